The summed E-state index contributed by atoms with van der Waals surface area (Å²) in [6, 6.07) is 8.10. The van der Waals surface area contributed by atoms with Crippen molar-refractivity contribution in [1.29, 1.82) is 0 Å². The van der Waals surface area contributed by atoms with Crippen molar-refractivity contribution in [3.63, 3.8) is 0 Å². The SMILES string of the molecule is CCc1ccccc1NC(=O)CN1CCN(C(=O)C[C@@H]2CCC[C@H]2N)CC1.Cl.Cl. The number of nitrogens with two attached hydrogens (primary N) is 1. The van der Waals surface area contributed by atoms with E-state index in [2.05, 4.69) is 17.1 Å². The number of anilines is 1. The maximum atomic E-state index is 12.5. The molecule has 6 nitrogen and oxygen atoms in total. The molecule has 2 aliphatic rings. The Balaban J connectivity index is 0.00000210. The number of aryl methyl sites for hydroxylation is 1. The summed E-state index contributed by atoms with van der Waals surface area (Å²) < 4.78 is 0. The number of para-hydroxylation sites is 1. The van der Waals surface area contributed by atoms with Crippen LogP contribution in [0.15, 0.2) is 24.3 Å². The van der Waals surface area contributed by atoms with Crippen molar-refractivity contribution < 1.29 is 9.59 Å². The largest absolute Gasteiger partial charge is 0.340 e. The lowest BCUT2D eigenvalue weighted by molar-refractivity contribution is -0.134. The number of halogens is 2. The van der Waals surface area contributed by atoms with Gasteiger partial charge in [0.1, 0.15) is 0 Å². The molecule has 1 aromatic carbocycles. The normalized spacial score (nSPS) is 21.8. The lowest BCUT2D eigenvalue weighted by Crippen LogP contribution is -2.51. The fourth-order valence-corrected chi connectivity index (χ4v) is 4.17. The number of rotatable bonds is 6. The van der Waals surface area contributed by atoms with Crippen LogP contribution in [-0.4, -0.2) is 60.4 Å². The molecule has 3 rings (SSSR count). The molecule has 1 aromatic rings. The van der Waals surface area contributed by atoms with Gasteiger partial charge in [-0.1, -0.05) is 31.5 Å². The second kappa shape index (κ2) is 12.4. The predicted octanol–water partition coefficient (Wildman–Crippen LogP) is 2.69. The molecule has 2 fully saturated rings. The number of benzene rings is 1. The number of hydrogen-bond acceptors (Lipinski definition) is 4. The first kappa shape index (κ1) is 25.7. The molecule has 0 bridgehead atoms. The van der Waals surface area contributed by atoms with Gasteiger partial charge in [-0.05, 0) is 36.8 Å². The standard InChI is InChI=1S/C21H32N4O2.2ClH/c1-2-16-6-3-4-9-19(16)23-20(26)15-24-10-12-25(13-11-24)21(27)14-17-7-5-8-18(17)22;;/h3-4,6,9,17-18H,2,5,7-8,10-15,22H2,1H3,(H,23,26);2*1H/t17-,18+;;/m0../s1. The van der Waals surface area contributed by atoms with E-state index in [4.69, 9.17) is 5.73 Å². The molecule has 2 amide bonds. The molecule has 8 heteroatoms. The summed E-state index contributed by atoms with van der Waals surface area (Å²) in [5.41, 5.74) is 8.13. The quantitative estimate of drug-likeness (QED) is 0.706. The van der Waals surface area contributed by atoms with Crippen molar-refractivity contribution in [2.75, 3.05) is 38.0 Å². The number of amides is 2. The number of nitrogens with zero attached hydrogens (tertiary/aromatic N) is 2. The predicted molar refractivity (Wildman–Crippen MR) is 122 cm³/mol. The fraction of sp³-hybridized carbons (Fsp3) is 0.619. The zero-order chi connectivity index (χ0) is 19.2. The maximum Gasteiger partial charge on any atom is 0.238 e. The van der Waals surface area contributed by atoms with Crippen LogP contribution in [0, 0.1) is 5.92 Å². The van der Waals surface area contributed by atoms with E-state index in [1.807, 2.05) is 29.2 Å². The van der Waals surface area contributed by atoms with Crippen LogP contribution in [0.3, 0.4) is 0 Å². The van der Waals surface area contributed by atoms with Gasteiger partial charge in [-0.2, -0.15) is 0 Å². The molecule has 2 atom stereocenters. The number of hydrogen-bond donors (Lipinski definition) is 2. The van der Waals surface area contributed by atoms with Gasteiger partial charge in [-0.15, -0.1) is 24.8 Å². The van der Waals surface area contributed by atoms with Gasteiger partial charge >= 0.3 is 0 Å². The van der Waals surface area contributed by atoms with E-state index in [0.717, 1.165) is 50.0 Å². The second-order valence-corrected chi connectivity index (χ2v) is 7.77. The Morgan fingerprint density at radius 2 is 1.79 bits per heavy atom. The van der Waals surface area contributed by atoms with Crippen molar-refractivity contribution in [3.05, 3.63) is 29.8 Å². The lowest BCUT2D eigenvalue weighted by atomic mass is 9.99. The monoisotopic (exact) mass is 444 g/mol. The van der Waals surface area contributed by atoms with Gasteiger partial charge in [0.2, 0.25) is 11.8 Å². The van der Waals surface area contributed by atoms with Gasteiger partial charge in [0, 0.05) is 44.3 Å². The molecule has 3 N–H and O–H groups in total. The van der Waals surface area contributed by atoms with Crippen molar-refractivity contribution in [3.8, 4) is 0 Å². The average Bonchev–Trinajstić information content (AvgIpc) is 3.07. The minimum atomic E-state index is 0. The summed E-state index contributed by atoms with van der Waals surface area (Å²) in [7, 11) is 0. The minimum Gasteiger partial charge on any atom is -0.340 e. The first-order valence-electron chi connectivity index (χ1n) is 10.2. The van der Waals surface area contributed by atoms with E-state index in [9.17, 15) is 9.59 Å². The Hall–Kier alpha value is -1.34. The summed E-state index contributed by atoms with van der Waals surface area (Å²) >= 11 is 0. The molecular formula is C21H34Cl2N4O2. The molecule has 0 spiro atoms. The van der Waals surface area contributed by atoms with Crippen LogP contribution < -0.4 is 11.1 Å². The summed E-state index contributed by atoms with van der Waals surface area (Å²) in [6.07, 6.45) is 4.73. The van der Waals surface area contributed by atoms with Crippen molar-refractivity contribution in [2.24, 2.45) is 11.7 Å². The first-order valence-corrected chi connectivity index (χ1v) is 10.2. The molecule has 1 saturated carbocycles. The van der Waals surface area contributed by atoms with Crippen LogP contribution in [-0.2, 0) is 16.0 Å². The van der Waals surface area contributed by atoms with E-state index in [0.29, 0.717) is 32.0 Å². The third-order valence-electron chi connectivity index (χ3n) is 5.92. The molecule has 1 heterocycles. The maximum absolute atomic E-state index is 12.5. The molecule has 1 aliphatic carbocycles. The topological polar surface area (TPSA) is 78.7 Å². The summed E-state index contributed by atoms with van der Waals surface area (Å²) in [6.45, 7) is 5.32. The summed E-state index contributed by atoms with van der Waals surface area (Å²) in [5, 5.41) is 3.02. The summed E-state index contributed by atoms with van der Waals surface area (Å²) in [5.74, 6) is 0.575. The van der Waals surface area contributed by atoms with Crippen LogP contribution in [0.4, 0.5) is 5.69 Å². The highest BCUT2D eigenvalue weighted by Gasteiger charge is 2.29. The smallest absolute Gasteiger partial charge is 0.238 e. The zero-order valence-corrected chi connectivity index (χ0v) is 18.8. The molecular weight excluding hydrogens is 411 g/mol. The molecule has 164 valence electrons. The van der Waals surface area contributed by atoms with Gasteiger partial charge in [0.25, 0.3) is 0 Å². The van der Waals surface area contributed by atoms with Crippen molar-refractivity contribution in [1.82, 2.24) is 9.80 Å². The number of piperazine rings is 1. The molecule has 0 radical (unpaired) electrons. The highest BCUT2D eigenvalue weighted by atomic mass is 35.5. The third kappa shape index (κ3) is 7.14. The van der Waals surface area contributed by atoms with Crippen molar-refractivity contribution in [2.45, 2.75) is 45.1 Å². The van der Waals surface area contributed by atoms with Gasteiger partial charge in [0.15, 0.2) is 0 Å². The number of nitrogens with one attached hydrogen (secondary N) is 1. The van der Waals surface area contributed by atoms with Crippen LogP contribution in [0.25, 0.3) is 0 Å². The minimum absolute atomic E-state index is 0. The molecule has 1 saturated heterocycles. The zero-order valence-electron chi connectivity index (χ0n) is 17.1. The first-order chi connectivity index (χ1) is 13.1. The summed E-state index contributed by atoms with van der Waals surface area (Å²) in [4.78, 5) is 29.0. The number of carbonyl (C=O) groups is 2. The van der Waals surface area contributed by atoms with Crippen molar-refractivity contribution >= 4 is 42.3 Å². The lowest BCUT2D eigenvalue weighted by Gasteiger charge is -2.35. The van der Waals surface area contributed by atoms with Gasteiger partial charge < -0.3 is 16.0 Å². The van der Waals surface area contributed by atoms with E-state index in [-0.39, 0.29) is 42.7 Å². The van der Waals surface area contributed by atoms with Gasteiger partial charge in [-0.3, -0.25) is 14.5 Å². The Labute approximate surface area is 186 Å². The van der Waals surface area contributed by atoms with Gasteiger partial charge in [-0.25, -0.2) is 0 Å². The Bertz CT molecular complexity index is 666. The van der Waals surface area contributed by atoms with E-state index >= 15 is 0 Å². The number of carbonyl (C=O) groups excluding carboxylic acids is 2. The van der Waals surface area contributed by atoms with Crippen LogP contribution in [0.5, 0.6) is 0 Å². The van der Waals surface area contributed by atoms with E-state index < -0.39 is 0 Å². The molecule has 1 aliphatic heterocycles. The van der Waals surface area contributed by atoms with E-state index in [1.165, 1.54) is 0 Å². The molecule has 0 unspecified atom stereocenters. The van der Waals surface area contributed by atoms with Crippen LogP contribution in [0.1, 0.15) is 38.2 Å². The molecule has 0 aromatic heterocycles. The average molecular weight is 445 g/mol. The molecule has 29 heavy (non-hydrogen) atoms. The Morgan fingerprint density at radius 1 is 1.10 bits per heavy atom. The highest BCUT2D eigenvalue weighted by molar-refractivity contribution is 5.93. The highest BCUT2D eigenvalue weighted by Crippen LogP contribution is 2.27. The fourth-order valence-electron chi connectivity index (χ4n) is 4.17. The third-order valence-corrected chi connectivity index (χ3v) is 5.92. The van der Waals surface area contributed by atoms with Gasteiger partial charge in [0.05, 0.1) is 6.54 Å². The Morgan fingerprint density at radius 3 is 2.41 bits per heavy atom. The second-order valence-electron chi connectivity index (χ2n) is 7.77. The van der Waals surface area contributed by atoms with E-state index in [1.54, 1.807) is 0 Å². The van der Waals surface area contributed by atoms with Crippen LogP contribution in [0.2, 0.25) is 0 Å². The van der Waals surface area contributed by atoms with Crippen LogP contribution >= 0.6 is 24.8 Å². The Kier molecular flexibility index (Phi) is 11.0.